The van der Waals surface area contributed by atoms with Crippen molar-refractivity contribution in [1.82, 2.24) is 4.98 Å². The van der Waals surface area contributed by atoms with E-state index in [4.69, 9.17) is 0 Å². The molecular formula is C12H11F3N2O3. The maximum Gasteiger partial charge on any atom is 0.433 e. The fraction of sp³-hybridized carbons (Fsp3) is 0.500. The largest absolute Gasteiger partial charge is 0.433 e. The van der Waals surface area contributed by atoms with Crippen LogP contribution in [0.4, 0.5) is 13.2 Å². The molecule has 5 nitrogen and oxygen atoms in total. The van der Waals surface area contributed by atoms with Crippen LogP contribution in [0.1, 0.15) is 36.4 Å². The summed E-state index contributed by atoms with van der Waals surface area (Å²) < 4.78 is 37.2. The van der Waals surface area contributed by atoms with Gasteiger partial charge in [-0.15, -0.1) is 0 Å². The molecule has 0 radical (unpaired) electrons. The maximum absolute atomic E-state index is 12.4. The van der Waals surface area contributed by atoms with Crippen LogP contribution in [0.5, 0.6) is 0 Å². The van der Waals surface area contributed by atoms with Gasteiger partial charge in [0.05, 0.1) is 5.92 Å². The van der Waals surface area contributed by atoms with Crippen LogP contribution in [0.15, 0.2) is 18.3 Å². The second kappa shape index (κ2) is 5.18. The van der Waals surface area contributed by atoms with Gasteiger partial charge in [-0.2, -0.15) is 13.2 Å². The van der Waals surface area contributed by atoms with E-state index in [1.54, 1.807) is 0 Å². The van der Waals surface area contributed by atoms with E-state index in [0.29, 0.717) is 5.56 Å². The quantitative estimate of drug-likeness (QED) is 0.619. The summed E-state index contributed by atoms with van der Waals surface area (Å²) in [4.78, 5) is 25.2. The van der Waals surface area contributed by atoms with Crippen LogP contribution in [0.2, 0.25) is 0 Å². The topological polar surface area (TPSA) is 73.1 Å². The van der Waals surface area contributed by atoms with Gasteiger partial charge in [-0.1, -0.05) is 6.07 Å². The molecular weight excluding hydrogens is 277 g/mol. The van der Waals surface area contributed by atoms with Crippen LogP contribution in [0.3, 0.4) is 0 Å². The van der Waals surface area contributed by atoms with E-state index < -0.39 is 28.8 Å². The normalized spacial score (nSPS) is 23.6. The Balaban J connectivity index is 2.28. The number of rotatable bonds is 2. The van der Waals surface area contributed by atoms with Gasteiger partial charge >= 0.3 is 6.18 Å². The van der Waals surface area contributed by atoms with Crippen molar-refractivity contribution in [2.75, 3.05) is 0 Å². The van der Waals surface area contributed by atoms with Crippen LogP contribution in [0, 0.1) is 10.1 Å². The minimum absolute atomic E-state index is 0.0291. The highest BCUT2D eigenvalue weighted by Gasteiger charge is 2.39. The van der Waals surface area contributed by atoms with Gasteiger partial charge in [-0.25, -0.2) is 0 Å². The molecule has 0 N–H and O–H groups in total. The standard InChI is InChI=1S/C12H11F3N2O3/c13-12(14,15)11-4-1-7(6-16-11)9-5-8(18)2-3-10(9)17(19)20/h1,4,6,9-10H,2-3,5H2. The summed E-state index contributed by atoms with van der Waals surface area (Å²) in [6.45, 7) is 0. The summed E-state index contributed by atoms with van der Waals surface area (Å²) in [5, 5.41) is 11.0. The predicted molar refractivity (Wildman–Crippen MR) is 61.6 cm³/mol. The van der Waals surface area contributed by atoms with E-state index >= 15 is 0 Å². The predicted octanol–water partition coefficient (Wildman–Crippen LogP) is 2.58. The first-order valence-electron chi connectivity index (χ1n) is 5.97. The molecule has 1 saturated carbocycles. The number of nitro groups is 1. The number of aromatic nitrogens is 1. The first-order valence-corrected chi connectivity index (χ1v) is 5.97. The van der Waals surface area contributed by atoms with Gasteiger partial charge in [-0.3, -0.25) is 19.9 Å². The van der Waals surface area contributed by atoms with Crippen LogP contribution >= 0.6 is 0 Å². The van der Waals surface area contributed by atoms with E-state index in [1.807, 2.05) is 0 Å². The molecule has 108 valence electrons. The van der Waals surface area contributed by atoms with E-state index in [0.717, 1.165) is 18.3 Å². The number of nitrogens with zero attached hydrogens (tertiary/aromatic N) is 2. The molecule has 0 bridgehead atoms. The molecule has 0 aliphatic heterocycles. The van der Waals surface area contributed by atoms with Crippen molar-refractivity contribution in [2.24, 2.45) is 0 Å². The van der Waals surface area contributed by atoms with Crippen LogP contribution in [-0.2, 0) is 11.0 Å². The van der Waals surface area contributed by atoms with Gasteiger partial charge in [0.15, 0.2) is 0 Å². The number of hydrogen-bond donors (Lipinski definition) is 0. The van der Waals surface area contributed by atoms with Crippen molar-refractivity contribution in [3.8, 4) is 0 Å². The molecule has 0 aromatic carbocycles. The summed E-state index contributed by atoms with van der Waals surface area (Å²) in [5.74, 6) is -0.825. The van der Waals surface area contributed by atoms with Gasteiger partial charge in [-0.05, 0) is 11.6 Å². The Morgan fingerprint density at radius 3 is 2.55 bits per heavy atom. The summed E-state index contributed by atoms with van der Waals surface area (Å²) in [6.07, 6.45) is -3.36. The second-order valence-corrected chi connectivity index (χ2v) is 4.72. The zero-order valence-corrected chi connectivity index (χ0v) is 10.3. The number of pyridine rings is 1. The van der Waals surface area contributed by atoms with Crippen LogP contribution in [-0.4, -0.2) is 21.7 Å². The average Bonchev–Trinajstić information content (AvgIpc) is 2.37. The lowest BCUT2D eigenvalue weighted by Gasteiger charge is -2.24. The molecule has 1 aliphatic carbocycles. The highest BCUT2D eigenvalue weighted by atomic mass is 19.4. The minimum atomic E-state index is -4.55. The van der Waals surface area contributed by atoms with Gasteiger partial charge in [0, 0.05) is 30.4 Å². The first kappa shape index (κ1) is 14.4. The fourth-order valence-corrected chi connectivity index (χ4v) is 2.38. The third-order valence-corrected chi connectivity index (χ3v) is 3.41. The van der Waals surface area contributed by atoms with Crippen molar-refractivity contribution in [3.63, 3.8) is 0 Å². The average molecular weight is 288 g/mol. The lowest BCUT2D eigenvalue weighted by Crippen LogP contribution is -2.34. The molecule has 1 aromatic rings. The van der Waals surface area contributed by atoms with Crippen molar-refractivity contribution in [1.29, 1.82) is 0 Å². The highest BCUT2D eigenvalue weighted by Crippen LogP contribution is 2.34. The fourth-order valence-electron chi connectivity index (χ4n) is 2.38. The van der Waals surface area contributed by atoms with Gasteiger partial charge < -0.3 is 0 Å². The van der Waals surface area contributed by atoms with E-state index in [1.165, 1.54) is 0 Å². The lowest BCUT2D eigenvalue weighted by atomic mass is 9.80. The second-order valence-electron chi connectivity index (χ2n) is 4.72. The first-order chi connectivity index (χ1) is 9.29. The molecule has 8 heteroatoms. The van der Waals surface area contributed by atoms with Crippen molar-refractivity contribution in [3.05, 3.63) is 39.7 Å². The molecule has 1 aromatic heterocycles. The monoisotopic (exact) mass is 288 g/mol. The number of halogens is 3. The Morgan fingerprint density at radius 1 is 1.35 bits per heavy atom. The molecule has 0 amide bonds. The Kier molecular flexibility index (Phi) is 3.74. The molecule has 20 heavy (non-hydrogen) atoms. The number of Topliss-reactive ketones (excluding diaryl/α,β-unsaturated/α-hetero) is 1. The van der Waals surface area contributed by atoms with E-state index in [-0.39, 0.29) is 25.0 Å². The Hall–Kier alpha value is -1.99. The summed E-state index contributed by atoms with van der Waals surface area (Å²) in [7, 11) is 0. The van der Waals surface area contributed by atoms with Crippen LogP contribution in [0.25, 0.3) is 0 Å². The molecule has 2 rings (SSSR count). The third kappa shape index (κ3) is 2.94. The zero-order chi connectivity index (χ0) is 14.9. The molecule has 2 atom stereocenters. The van der Waals surface area contributed by atoms with Gasteiger partial charge in [0.2, 0.25) is 6.04 Å². The molecule has 2 unspecified atom stereocenters. The van der Waals surface area contributed by atoms with Gasteiger partial charge in [0.25, 0.3) is 0 Å². The van der Waals surface area contributed by atoms with Crippen LogP contribution < -0.4 is 0 Å². The van der Waals surface area contributed by atoms with Crippen molar-refractivity contribution in [2.45, 2.75) is 37.4 Å². The van der Waals surface area contributed by atoms with Crippen molar-refractivity contribution >= 4 is 5.78 Å². The number of alkyl halides is 3. The minimum Gasteiger partial charge on any atom is -0.300 e. The molecule has 0 spiro atoms. The van der Waals surface area contributed by atoms with Gasteiger partial charge in [0.1, 0.15) is 11.5 Å². The zero-order valence-electron chi connectivity index (χ0n) is 10.3. The third-order valence-electron chi connectivity index (χ3n) is 3.41. The highest BCUT2D eigenvalue weighted by molar-refractivity contribution is 5.80. The SMILES string of the molecule is O=C1CCC([N+](=O)[O-])C(c2ccc(C(F)(F)F)nc2)C1. The number of carbonyl (C=O) groups is 1. The summed E-state index contributed by atoms with van der Waals surface area (Å²) in [6, 6.07) is 0.993. The Morgan fingerprint density at radius 2 is 2.05 bits per heavy atom. The van der Waals surface area contributed by atoms with Crippen molar-refractivity contribution < 1.29 is 22.9 Å². The summed E-state index contributed by atoms with van der Waals surface area (Å²) >= 11 is 0. The molecule has 1 heterocycles. The number of carbonyl (C=O) groups excluding carboxylic acids is 1. The van der Waals surface area contributed by atoms with E-state index in [9.17, 15) is 28.1 Å². The number of ketones is 1. The Bertz CT molecular complexity index is 528. The lowest BCUT2D eigenvalue weighted by molar-refractivity contribution is -0.528. The number of hydrogen-bond acceptors (Lipinski definition) is 4. The smallest absolute Gasteiger partial charge is 0.300 e. The Labute approximate surface area is 112 Å². The molecule has 1 fully saturated rings. The van der Waals surface area contributed by atoms with E-state index in [2.05, 4.69) is 4.98 Å². The molecule has 1 aliphatic rings. The summed E-state index contributed by atoms with van der Waals surface area (Å²) in [5.41, 5.74) is -0.756. The molecule has 0 saturated heterocycles. The maximum atomic E-state index is 12.4.